The van der Waals surface area contributed by atoms with E-state index in [0.29, 0.717) is 17.3 Å². The van der Waals surface area contributed by atoms with Crippen molar-refractivity contribution in [3.05, 3.63) is 40.8 Å². The summed E-state index contributed by atoms with van der Waals surface area (Å²) in [4.78, 5) is 16.2. The minimum atomic E-state index is -0.293. The van der Waals surface area contributed by atoms with Crippen LogP contribution in [0.3, 0.4) is 0 Å². The van der Waals surface area contributed by atoms with Crippen molar-refractivity contribution in [2.45, 2.75) is 18.8 Å². The second kappa shape index (κ2) is 4.42. The van der Waals surface area contributed by atoms with Gasteiger partial charge in [0, 0.05) is 17.7 Å². The number of nitrogens with one attached hydrogen (secondary N) is 2. The number of carbonyl (C=O) groups is 1. The van der Waals surface area contributed by atoms with E-state index in [4.69, 9.17) is 11.6 Å². The van der Waals surface area contributed by atoms with E-state index < -0.39 is 0 Å². The van der Waals surface area contributed by atoms with Gasteiger partial charge in [-0.15, -0.1) is 0 Å². The first kappa shape index (κ1) is 11.2. The molecule has 2 heterocycles. The van der Waals surface area contributed by atoms with E-state index in [2.05, 4.69) is 20.5 Å². The molecule has 1 aliphatic carbocycles. The van der Waals surface area contributed by atoms with Gasteiger partial charge >= 0.3 is 0 Å². The second-order valence-corrected chi connectivity index (χ2v) is 4.63. The zero-order valence-corrected chi connectivity index (χ0v) is 10.2. The number of nitrogens with zero attached hydrogens (tertiary/aromatic N) is 2. The number of H-pyrrole nitrogens is 1. The lowest BCUT2D eigenvalue weighted by Crippen LogP contribution is -2.13. The smallest absolute Gasteiger partial charge is 0.259 e. The lowest BCUT2D eigenvalue weighted by atomic mass is 10.2. The van der Waals surface area contributed by atoms with Crippen molar-refractivity contribution in [1.29, 1.82) is 0 Å². The van der Waals surface area contributed by atoms with Crippen LogP contribution in [-0.4, -0.2) is 21.1 Å². The van der Waals surface area contributed by atoms with Crippen molar-refractivity contribution in [2.24, 2.45) is 0 Å². The van der Waals surface area contributed by atoms with Gasteiger partial charge in [-0.25, -0.2) is 4.98 Å². The van der Waals surface area contributed by atoms with Crippen LogP contribution in [-0.2, 0) is 0 Å². The third-order valence-corrected chi connectivity index (χ3v) is 3.15. The molecular weight excluding hydrogens is 252 g/mol. The predicted octanol–water partition coefficient (Wildman–Crippen LogP) is 2.59. The van der Waals surface area contributed by atoms with Crippen LogP contribution in [0, 0.1) is 0 Å². The van der Waals surface area contributed by atoms with Crippen molar-refractivity contribution >= 4 is 23.3 Å². The van der Waals surface area contributed by atoms with E-state index in [-0.39, 0.29) is 11.1 Å². The van der Waals surface area contributed by atoms with Gasteiger partial charge < -0.3 is 5.32 Å². The SMILES string of the molecule is O=C(Nc1ccn[nH]1)c1ccc(C2CC2)nc1Cl. The van der Waals surface area contributed by atoms with Crippen molar-refractivity contribution in [2.75, 3.05) is 5.32 Å². The van der Waals surface area contributed by atoms with Crippen LogP contribution < -0.4 is 5.32 Å². The van der Waals surface area contributed by atoms with Crippen molar-refractivity contribution < 1.29 is 4.79 Å². The predicted molar refractivity (Wildman–Crippen MR) is 67.8 cm³/mol. The molecule has 0 aliphatic heterocycles. The molecule has 18 heavy (non-hydrogen) atoms. The van der Waals surface area contributed by atoms with Gasteiger partial charge in [0.15, 0.2) is 0 Å². The highest BCUT2D eigenvalue weighted by molar-refractivity contribution is 6.33. The van der Waals surface area contributed by atoms with Crippen LogP contribution >= 0.6 is 11.6 Å². The Balaban J connectivity index is 1.80. The Hall–Kier alpha value is -1.88. The van der Waals surface area contributed by atoms with Crippen molar-refractivity contribution in [3.63, 3.8) is 0 Å². The molecule has 0 aromatic carbocycles. The van der Waals surface area contributed by atoms with Crippen LogP contribution in [0.5, 0.6) is 0 Å². The molecule has 92 valence electrons. The average Bonchev–Trinajstić information content (AvgIpc) is 3.08. The number of halogens is 1. The van der Waals surface area contributed by atoms with Gasteiger partial charge in [-0.05, 0) is 25.0 Å². The maximum Gasteiger partial charge on any atom is 0.259 e. The molecule has 1 fully saturated rings. The van der Waals surface area contributed by atoms with Gasteiger partial charge in [0.2, 0.25) is 0 Å². The fraction of sp³-hybridized carbons (Fsp3) is 0.250. The maximum atomic E-state index is 11.9. The summed E-state index contributed by atoms with van der Waals surface area (Å²) in [6.45, 7) is 0. The summed E-state index contributed by atoms with van der Waals surface area (Å²) in [5.74, 6) is 0.758. The Morgan fingerprint density at radius 1 is 1.39 bits per heavy atom. The Morgan fingerprint density at radius 2 is 2.22 bits per heavy atom. The molecule has 5 nitrogen and oxygen atoms in total. The van der Waals surface area contributed by atoms with Gasteiger partial charge in [0.1, 0.15) is 11.0 Å². The molecule has 6 heteroatoms. The summed E-state index contributed by atoms with van der Waals surface area (Å²) in [6.07, 6.45) is 3.87. The third-order valence-electron chi connectivity index (χ3n) is 2.86. The molecule has 2 aromatic heterocycles. The molecule has 1 saturated carbocycles. The number of hydrogen-bond donors (Lipinski definition) is 2. The zero-order chi connectivity index (χ0) is 12.5. The van der Waals surface area contributed by atoms with Gasteiger partial charge in [-0.1, -0.05) is 11.6 Å². The number of hydrogen-bond acceptors (Lipinski definition) is 3. The topological polar surface area (TPSA) is 70.7 Å². The molecule has 0 saturated heterocycles. The van der Waals surface area contributed by atoms with Gasteiger partial charge in [-0.2, -0.15) is 5.10 Å². The van der Waals surface area contributed by atoms with Gasteiger partial charge in [-0.3, -0.25) is 9.89 Å². The molecule has 0 unspecified atom stereocenters. The standard InChI is InChI=1S/C12H11ClN4O/c13-11-8(3-4-9(15-11)7-1-2-7)12(18)16-10-5-6-14-17-10/h3-7H,1-2H2,(H2,14,16,17,18). The Kier molecular flexibility index (Phi) is 2.76. The van der Waals surface area contributed by atoms with Gasteiger partial charge in [0.05, 0.1) is 11.8 Å². The van der Waals surface area contributed by atoms with E-state index in [1.54, 1.807) is 18.3 Å². The number of carbonyl (C=O) groups excluding carboxylic acids is 1. The molecule has 0 bridgehead atoms. The highest BCUT2D eigenvalue weighted by Crippen LogP contribution is 2.39. The molecule has 0 spiro atoms. The second-order valence-electron chi connectivity index (χ2n) is 4.27. The lowest BCUT2D eigenvalue weighted by Gasteiger charge is -2.05. The largest absolute Gasteiger partial charge is 0.307 e. The Morgan fingerprint density at radius 3 is 2.83 bits per heavy atom. The first-order valence-electron chi connectivity index (χ1n) is 5.71. The van der Waals surface area contributed by atoms with E-state index in [9.17, 15) is 4.79 Å². The number of aromatic nitrogens is 3. The van der Waals surface area contributed by atoms with Gasteiger partial charge in [0.25, 0.3) is 5.91 Å². The van der Waals surface area contributed by atoms with Crippen LogP contribution in [0.2, 0.25) is 5.15 Å². The van der Waals surface area contributed by atoms with Crippen molar-refractivity contribution in [1.82, 2.24) is 15.2 Å². The summed E-state index contributed by atoms with van der Waals surface area (Å²) < 4.78 is 0. The van der Waals surface area contributed by atoms with Crippen LogP contribution in [0.4, 0.5) is 5.82 Å². The lowest BCUT2D eigenvalue weighted by molar-refractivity contribution is 0.102. The van der Waals surface area contributed by atoms with E-state index >= 15 is 0 Å². The fourth-order valence-electron chi connectivity index (χ4n) is 1.74. The molecule has 3 rings (SSSR count). The first-order valence-corrected chi connectivity index (χ1v) is 6.09. The van der Waals surface area contributed by atoms with Crippen LogP contribution in [0.15, 0.2) is 24.4 Å². The minimum Gasteiger partial charge on any atom is -0.307 e. The molecule has 0 atom stereocenters. The summed E-state index contributed by atoms with van der Waals surface area (Å²) in [5.41, 5.74) is 1.34. The molecule has 1 amide bonds. The minimum absolute atomic E-state index is 0.247. The third kappa shape index (κ3) is 2.22. The molecule has 2 N–H and O–H groups in total. The monoisotopic (exact) mass is 262 g/mol. The number of rotatable bonds is 3. The van der Waals surface area contributed by atoms with E-state index in [1.807, 2.05) is 6.07 Å². The normalized spacial score (nSPS) is 14.5. The van der Waals surface area contributed by atoms with E-state index in [0.717, 1.165) is 18.5 Å². The Bertz CT molecular complexity index is 578. The number of aromatic amines is 1. The first-order chi connectivity index (χ1) is 8.74. The Labute approximate surface area is 109 Å². The summed E-state index contributed by atoms with van der Waals surface area (Å²) in [6, 6.07) is 5.25. The zero-order valence-electron chi connectivity index (χ0n) is 9.48. The summed E-state index contributed by atoms with van der Waals surface area (Å²) >= 11 is 6.04. The molecule has 2 aromatic rings. The van der Waals surface area contributed by atoms with Crippen LogP contribution in [0.1, 0.15) is 34.8 Å². The fourth-order valence-corrected chi connectivity index (χ4v) is 1.99. The van der Waals surface area contributed by atoms with Crippen molar-refractivity contribution in [3.8, 4) is 0 Å². The summed E-state index contributed by atoms with van der Waals surface area (Å²) in [5, 5.41) is 9.31. The van der Waals surface area contributed by atoms with E-state index in [1.165, 1.54) is 0 Å². The number of anilines is 1. The molecule has 0 radical (unpaired) electrons. The maximum absolute atomic E-state index is 11.9. The van der Waals surface area contributed by atoms with Crippen LogP contribution in [0.25, 0.3) is 0 Å². The highest BCUT2D eigenvalue weighted by Gasteiger charge is 2.26. The number of amides is 1. The quantitative estimate of drug-likeness (QED) is 0.835. The molecule has 1 aliphatic rings. The molecular formula is C12H11ClN4O. The average molecular weight is 263 g/mol. The number of pyridine rings is 1. The highest BCUT2D eigenvalue weighted by atomic mass is 35.5. The summed E-state index contributed by atoms with van der Waals surface area (Å²) in [7, 11) is 0.